The van der Waals surface area contributed by atoms with Crippen molar-refractivity contribution in [2.45, 2.75) is 37.2 Å². The zero-order valence-electron chi connectivity index (χ0n) is 18.7. The lowest BCUT2D eigenvalue weighted by Crippen LogP contribution is -2.32. The SMILES string of the molecule is O=C(OCc1cccc(Oc2ccccc2)c1)c1ccc(Cl)c(S(=O)(=O)N2CCCCCC2)c1. The van der Waals surface area contributed by atoms with E-state index in [1.54, 1.807) is 6.07 Å². The number of halogens is 1. The molecule has 0 aliphatic carbocycles. The third-order valence-electron chi connectivity index (χ3n) is 5.60. The molecule has 4 rings (SSSR count). The normalized spacial score (nSPS) is 14.9. The molecule has 0 bridgehead atoms. The molecule has 3 aromatic carbocycles. The van der Waals surface area contributed by atoms with Crippen molar-refractivity contribution >= 4 is 27.6 Å². The number of benzene rings is 3. The van der Waals surface area contributed by atoms with Gasteiger partial charge in [-0.1, -0.05) is 54.8 Å². The first-order valence-electron chi connectivity index (χ1n) is 11.2. The quantitative estimate of drug-likeness (QED) is 0.370. The van der Waals surface area contributed by atoms with Crippen LogP contribution in [0, 0.1) is 0 Å². The second kappa shape index (κ2) is 11.0. The summed E-state index contributed by atoms with van der Waals surface area (Å²) in [6.07, 6.45) is 3.63. The minimum absolute atomic E-state index is 0.0155. The second-order valence-corrected chi connectivity index (χ2v) is 10.4. The van der Waals surface area contributed by atoms with Gasteiger partial charge in [-0.2, -0.15) is 4.31 Å². The first-order valence-corrected chi connectivity index (χ1v) is 13.0. The zero-order chi connectivity index (χ0) is 24.0. The molecule has 0 unspecified atom stereocenters. The van der Waals surface area contributed by atoms with E-state index in [0.717, 1.165) is 31.2 Å². The van der Waals surface area contributed by atoms with Crippen molar-refractivity contribution in [2.75, 3.05) is 13.1 Å². The maximum atomic E-state index is 13.2. The summed E-state index contributed by atoms with van der Waals surface area (Å²) in [5, 5.41) is 0.0894. The van der Waals surface area contributed by atoms with Crippen LogP contribution < -0.4 is 4.74 Å². The third kappa shape index (κ3) is 5.97. The molecule has 6 nitrogen and oxygen atoms in total. The van der Waals surface area contributed by atoms with Crippen LogP contribution in [0.15, 0.2) is 77.7 Å². The van der Waals surface area contributed by atoms with Gasteiger partial charge in [0.25, 0.3) is 0 Å². The summed E-state index contributed by atoms with van der Waals surface area (Å²) in [6.45, 7) is 0.922. The van der Waals surface area contributed by atoms with Gasteiger partial charge >= 0.3 is 5.97 Å². The first kappa shape index (κ1) is 24.3. The minimum atomic E-state index is -3.80. The van der Waals surface area contributed by atoms with Crippen LogP contribution in [0.3, 0.4) is 0 Å². The van der Waals surface area contributed by atoms with Crippen LogP contribution in [0.1, 0.15) is 41.6 Å². The first-order chi connectivity index (χ1) is 16.4. The van der Waals surface area contributed by atoms with Gasteiger partial charge in [-0.3, -0.25) is 0 Å². The Labute approximate surface area is 205 Å². The highest BCUT2D eigenvalue weighted by Crippen LogP contribution is 2.28. The fourth-order valence-corrected chi connectivity index (χ4v) is 5.82. The van der Waals surface area contributed by atoms with Gasteiger partial charge in [0, 0.05) is 13.1 Å². The molecule has 0 N–H and O–H groups in total. The highest BCUT2D eigenvalue weighted by Gasteiger charge is 2.28. The number of nitrogens with zero attached hydrogens (tertiary/aromatic N) is 1. The Hall–Kier alpha value is -2.87. The van der Waals surface area contributed by atoms with E-state index in [-0.39, 0.29) is 22.1 Å². The van der Waals surface area contributed by atoms with Crippen molar-refractivity contribution in [3.63, 3.8) is 0 Å². The number of hydrogen-bond acceptors (Lipinski definition) is 5. The highest BCUT2D eigenvalue weighted by atomic mass is 35.5. The average Bonchev–Trinajstić information content (AvgIpc) is 3.14. The fraction of sp³-hybridized carbons (Fsp3) is 0.269. The third-order valence-corrected chi connectivity index (χ3v) is 7.98. The molecule has 0 radical (unpaired) electrons. The van der Waals surface area contributed by atoms with Crippen LogP contribution in [0.5, 0.6) is 11.5 Å². The van der Waals surface area contributed by atoms with Gasteiger partial charge in [0.2, 0.25) is 10.0 Å². The summed E-state index contributed by atoms with van der Waals surface area (Å²) in [6, 6.07) is 20.8. The molecular formula is C26H26ClNO5S. The van der Waals surface area contributed by atoms with Gasteiger partial charge < -0.3 is 9.47 Å². The smallest absolute Gasteiger partial charge is 0.338 e. The van der Waals surface area contributed by atoms with E-state index in [9.17, 15) is 13.2 Å². The number of para-hydroxylation sites is 1. The lowest BCUT2D eigenvalue weighted by molar-refractivity contribution is 0.0472. The minimum Gasteiger partial charge on any atom is -0.457 e. The molecule has 0 saturated carbocycles. The monoisotopic (exact) mass is 499 g/mol. The van der Waals surface area contributed by atoms with E-state index in [0.29, 0.717) is 24.6 Å². The Bertz CT molecular complexity index is 1240. The predicted octanol–water partition coefficient (Wildman–Crippen LogP) is 6.05. The van der Waals surface area contributed by atoms with E-state index in [1.165, 1.54) is 22.5 Å². The summed E-state index contributed by atoms with van der Waals surface area (Å²) in [5.41, 5.74) is 0.877. The molecule has 8 heteroatoms. The van der Waals surface area contributed by atoms with Gasteiger partial charge in [-0.05, 0) is 60.9 Å². The fourth-order valence-electron chi connectivity index (χ4n) is 3.80. The van der Waals surface area contributed by atoms with Crippen LogP contribution in [-0.4, -0.2) is 31.8 Å². The van der Waals surface area contributed by atoms with Crippen molar-refractivity contribution in [1.29, 1.82) is 0 Å². The molecule has 1 heterocycles. The van der Waals surface area contributed by atoms with Crippen molar-refractivity contribution in [2.24, 2.45) is 0 Å². The summed E-state index contributed by atoms with van der Waals surface area (Å²) >= 11 is 6.23. The molecule has 1 saturated heterocycles. The van der Waals surface area contributed by atoms with Crippen molar-refractivity contribution in [3.8, 4) is 11.5 Å². The van der Waals surface area contributed by atoms with Gasteiger partial charge in [-0.25, -0.2) is 13.2 Å². The number of esters is 1. The largest absolute Gasteiger partial charge is 0.457 e. The topological polar surface area (TPSA) is 72.9 Å². The summed E-state index contributed by atoms with van der Waals surface area (Å²) < 4.78 is 39.1. The van der Waals surface area contributed by atoms with Crippen LogP contribution >= 0.6 is 11.6 Å². The molecule has 178 valence electrons. The lowest BCUT2D eigenvalue weighted by atomic mass is 10.2. The van der Waals surface area contributed by atoms with Gasteiger partial charge in [-0.15, -0.1) is 0 Å². The predicted molar refractivity (Wildman–Crippen MR) is 131 cm³/mol. The number of rotatable bonds is 7. The second-order valence-electron chi connectivity index (χ2n) is 8.10. The molecule has 0 spiro atoms. The van der Waals surface area contributed by atoms with Gasteiger partial charge in [0.1, 0.15) is 23.0 Å². The number of sulfonamides is 1. The standard InChI is InChI=1S/C26H26ClNO5S/c27-24-14-13-21(18-25(24)34(30,31)28-15-6-1-2-7-16-28)26(29)32-19-20-9-8-12-23(17-20)33-22-10-4-3-5-11-22/h3-5,8-14,17-18H,1-2,6-7,15-16,19H2. The van der Waals surface area contributed by atoms with Crippen LogP contribution in [0.25, 0.3) is 0 Å². The molecule has 3 aromatic rings. The van der Waals surface area contributed by atoms with E-state index >= 15 is 0 Å². The number of carbonyl (C=O) groups excluding carboxylic acids is 1. The Morgan fingerprint density at radius 2 is 1.56 bits per heavy atom. The zero-order valence-corrected chi connectivity index (χ0v) is 20.2. The van der Waals surface area contributed by atoms with Gasteiger partial charge in [0.15, 0.2) is 0 Å². The molecule has 0 atom stereocenters. The Balaban J connectivity index is 1.45. The highest BCUT2D eigenvalue weighted by molar-refractivity contribution is 7.89. The number of ether oxygens (including phenoxy) is 2. The Kier molecular flexibility index (Phi) is 7.88. The van der Waals surface area contributed by atoms with E-state index < -0.39 is 16.0 Å². The molecule has 0 amide bonds. The Morgan fingerprint density at radius 1 is 0.853 bits per heavy atom. The van der Waals surface area contributed by atoms with Crippen molar-refractivity contribution in [3.05, 3.63) is 88.9 Å². The molecule has 1 aliphatic rings. The van der Waals surface area contributed by atoms with Crippen molar-refractivity contribution < 1.29 is 22.7 Å². The number of carbonyl (C=O) groups is 1. The lowest BCUT2D eigenvalue weighted by Gasteiger charge is -2.21. The molecule has 1 aliphatic heterocycles. The maximum absolute atomic E-state index is 13.2. The summed E-state index contributed by atoms with van der Waals surface area (Å²) in [5.74, 6) is 0.700. The molecule has 1 fully saturated rings. The van der Waals surface area contributed by atoms with E-state index in [1.807, 2.05) is 48.5 Å². The van der Waals surface area contributed by atoms with E-state index in [4.69, 9.17) is 21.1 Å². The number of hydrogen-bond donors (Lipinski definition) is 0. The summed E-state index contributed by atoms with van der Waals surface area (Å²) in [4.78, 5) is 12.6. The Morgan fingerprint density at radius 3 is 2.29 bits per heavy atom. The molecule has 34 heavy (non-hydrogen) atoms. The average molecular weight is 500 g/mol. The van der Waals surface area contributed by atoms with Crippen LogP contribution in [0.2, 0.25) is 5.02 Å². The maximum Gasteiger partial charge on any atom is 0.338 e. The van der Waals surface area contributed by atoms with Crippen LogP contribution in [0.4, 0.5) is 0 Å². The molecular weight excluding hydrogens is 474 g/mol. The summed E-state index contributed by atoms with van der Waals surface area (Å²) in [7, 11) is -3.80. The van der Waals surface area contributed by atoms with Gasteiger partial charge in [0.05, 0.1) is 10.6 Å². The van der Waals surface area contributed by atoms with E-state index in [2.05, 4.69) is 0 Å². The van der Waals surface area contributed by atoms with Crippen molar-refractivity contribution in [1.82, 2.24) is 4.31 Å². The molecule has 0 aromatic heterocycles. The van der Waals surface area contributed by atoms with Crippen LogP contribution in [-0.2, 0) is 21.4 Å².